The average Bonchev–Trinajstić information content (AvgIpc) is 3.16. The lowest BCUT2D eigenvalue weighted by Gasteiger charge is -2.22. The molecule has 0 radical (unpaired) electrons. The molecule has 9 heteroatoms. The van der Waals surface area contributed by atoms with Crippen LogP contribution >= 0.6 is 23.4 Å². The summed E-state index contributed by atoms with van der Waals surface area (Å²) in [6.45, 7) is 2.89. The maximum absolute atomic E-state index is 12.9. The normalized spacial score (nSPS) is 10.7. The van der Waals surface area contributed by atoms with E-state index in [-0.39, 0.29) is 24.6 Å². The van der Waals surface area contributed by atoms with Crippen LogP contribution in [-0.4, -0.2) is 38.9 Å². The van der Waals surface area contributed by atoms with Gasteiger partial charge in [-0.2, -0.15) is 0 Å². The molecule has 1 heterocycles. The lowest BCUT2D eigenvalue weighted by Crippen LogP contribution is -2.35. The quantitative estimate of drug-likeness (QED) is 0.510. The molecule has 0 aliphatic heterocycles. The summed E-state index contributed by atoms with van der Waals surface area (Å²) in [7, 11) is 0. The van der Waals surface area contributed by atoms with Crippen LogP contribution in [0.2, 0.25) is 5.02 Å². The maximum atomic E-state index is 12.9. The van der Waals surface area contributed by atoms with Gasteiger partial charge in [0.15, 0.2) is 11.0 Å². The van der Waals surface area contributed by atoms with Crippen molar-refractivity contribution in [3.8, 4) is 11.4 Å². The van der Waals surface area contributed by atoms with Gasteiger partial charge in [-0.25, -0.2) is 0 Å². The highest BCUT2D eigenvalue weighted by atomic mass is 35.5. The number of hydrogen-bond donors (Lipinski definition) is 1. The molecular formula is C21H22ClN5O2S. The van der Waals surface area contributed by atoms with Gasteiger partial charge in [0.25, 0.3) is 0 Å². The molecule has 1 aromatic heterocycles. The van der Waals surface area contributed by atoms with Crippen LogP contribution in [0.3, 0.4) is 0 Å². The highest BCUT2D eigenvalue weighted by Gasteiger charge is 2.19. The van der Waals surface area contributed by atoms with Crippen LogP contribution < -0.4 is 10.6 Å². The molecule has 0 aliphatic rings. The molecule has 3 aromatic rings. The number of nitrogens with zero attached hydrogens (tertiary/aromatic N) is 4. The zero-order valence-electron chi connectivity index (χ0n) is 16.5. The second-order valence-corrected chi connectivity index (χ2v) is 7.82. The van der Waals surface area contributed by atoms with E-state index in [2.05, 4.69) is 10.2 Å². The number of nitrogens with two attached hydrogens (primary N) is 1. The topological polar surface area (TPSA) is 94.1 Å². The molecule has 30 heavy (non-hydrogen) atoms. The van der Waals surface area contributed by atoms with E-state index in [0.717, 1.165) is 17.1 Å². The van der Waals surface area contributed by atoms with Crippen molar-refractivity contribution in [3.05, 3.63) is 59.6 Å². The monoisotopic (exact) mass is 443 g/mol. The molecule has 156 valence electrons. The van der Waals surface area contributed by atoms with E-state index in [0.29, 0.717) is 16.7 Å². The van der Waals surface area contributed by atoms with Gasteiger partial charge < -0.3 is 15.2 Å². The summed E-state index contributed by atoms with van der Waals surface area (Å²) in [6.07, 6.45) is 0.0944. The number of hydrogen-bond acceptors (Lipinski definition) is 5. The number of thioether (sulfide) groups is 1. The van der Waals surface area contributed by atoms with Crippen LogP contribution in [0.1, 0.15) is 13.3 Å². The predicted octanol–water partition coefficient (Wildman–Crippen LogP) is 3.62. The first-order valence-electron chi connectivity index (χ1n) is 9.45. The predicted molar refractivity (Wildman–Crippen MR) is 119 cm³/mol. The van der Waals surface area contributed by atoms with E-state index in [1.807, 2.05) is 54.0 Å². The molecule has 0 unspecified atom stereocenters. The Morgan fingerprint density at radius 1 is 1.10 bits per heavy atom. The summed E-state index contributed by atoms with van der Waals surface area (Å²) >= 11 is 7.28. The van der Waals surface area contributed by atoms with Gasteiger partial charge in [-0.1, -0.05) is 41.6 Å². The number of para-hydroxylation sites is 1. The van der Waals surface area contributed by atoms with Crippen molar-refractivity contribution >= 4 is 40.9 Å². The molecule has 7 nitrogen and oxygen atoms in total. The lowest BCUT2D eigenvalue weighted by molar-refractivity contribution is -0.118. The first-order valence-corrected chi connectivity index (χ1v) is 10.8. The van der Waals surface area contributed by atoms with Crippen molar-refractivity contribution in [1.82, 2.24) is 14.8 Å². The van der Waals surface area contributed by atoms with Crippen molar-refractivity contribution in [2.45, 2.75) is 25.0 Å². The first kappa shape index (κ1) is 21.9. The number of halogens is 1. The minimum atomic E-state index is -0.449. The van der Waals surface area contributed by atoms with Crippen LogP contribution in [0.4, 0.5) is 5.69 Å². The summed E-state index contributed by atoms with van der Waals surface area (Å²) in [4.78, 5) is 25.7. The number of rotatable bonds is 9. The number of amides is 2. The Bertz CT molecular complexity index is 1010. The molecule has 0 spiro atoms. The van der Waals surface area contributed by atoms with Gasteiger partial charge in [0, 0.05) is 35.8 Å². The zero-order chi connectivity index (χ0) is 21.5. The molecule has 0 saturated heterocycles. The van der Waals surface area contributed by atoms with Crippen LogP contribution in [-0.2, 0) is 16.1 Å². The Kier molecular flexibility index (Phi) is 7.48. The third kappa shape index (κ3) is 5.40. The second kappa shape index (κ2) is 10.3. The third-order valence-corrected chi connectivity index (χ3v) is 5.61. The van der Waals surface area contributed by atoms with Crippen molar-refractivity contribution < 1.29 is 9.59 Å². The van der Waals surface area contributed by atoms with E-state index in [4.69, 9.17) is 17.3 Å². The number of carbonyl (C=O) groups excluding carboxylic acids is 2. The SMILES string of the molecule is CCn1c(SCC(=O)N(CCC(N)=O)c2ccccc2)nnc1-c1ccc(Cl)cc1. The fourth-order valence-electron chi connectivity index (χ4n) is 2.92. The van der Waals surface area contributed by atoms with Gasteiger partial charge in [-0.05, 0) is 43.3 Å². The largest absolute Gasteiger partial charge is 0.370 e. The highest BCUT2D eigenvalue weighted by Crippen LogP contribution is 2.26. The molecule has 2 aromatic carbocycles. The fourth-order valence-corrected chi connectivity index (χ4v) is 3.93. The summed E-state index contributed by atoms with van der Waals surface area (Å²) in [5.74, 6) is 0.297. The molecule has 2 amide bonds. The van der Waals surface area contributed by atoms with E-state index in [9.17, 15) is 9.59 Å². The van der Waals surface area contributed by atoms with Gasteiger partial charge in [-0.15, -0.1) is 10.2 Å². The van der Waals surface area contributed by atoms with Crippen LogP contribution in [0.5, 0.6) is 0 Å². The second-order valence-electron chi connectivity index (χ2n) is 6.44. The Balaban J connectivity index is 1.75. The number of aromatic nitrogens is 3. The van der Waals surface area contributed by atoms with Crippen LogP contribution in [0.15, 0.2) is 59.8 Å². The number of carbonyl (C=O) groups is 2. The van der Waals surface area contributed by atoms with Gasteiger partial charge in [0.1, 0.15) is 0 Å². The Hall–Kier alpha value is -2.84. The van der Waals surface area contributed by atoms with E-state index in [1.165, 1.54) is 11.8 Å². The Morgan fingerprint density at radius 2 is 1.80 bits per heavy atom. The molecule has 0 atom stereocenters. The molecular weight excluding hydrogens is 422 g/mol. The molecule has 0 fully saturated rings. The van der Waals surface area contributed by atoms with Gasteiger partial charge in [0.05, 0.1) is 5.75 Å². The van der Waals surface area contributed by atoms with Crippen molar-refractivity contribution in [1.29, 1.82) is 0 Å². The van der Waals surface area contributed by atoms with E-state index in [1.54, 1.807) is 17.0 Å². The summed E-state index contributed by atoms with van der Waals surface area (Å²) < 4.78 is 1.96. The molecule has 0 bridgehead atoms. The Labute approximate surface area is 184 Å². The Morgan fingerprint density at radius 3 is 2.43 bits per heavy atom. The van der Waals surface area contributed by atoms with Gasteiger partial charge in [0.2, 0.25) is 11.8 Å². The summed E-state index contributed by atoms with van der Waals surface area (Å²) in [5.41, 5.74) is 6.90. The van der Waals surface area contributed by atoms with Crippen LogP contribution in [0, 0.1) is 0 Å². The van der Waals surface area contributed by atoms with Crippen LogP contribution in [0.25, 0.3) is 11.4 Å². The molecule has 0 saturated carbocycles. The van der Waals surface area contributed by atoms with E-state index >= 15 is 0 Å². The van der Waals surface area contributed by atoms with Crippen molar-refractivity contribution in [3.63, 3.8) is 0 Å². The zero-order valence-corrected chi connectivity index (χ0v) is 18.1. The third-order valence-electron chi connectivity index (χ3n) is 4.41. The van der Waals surface area contributed by atoms with Gasteiger partial charge in [-0.3, -0.25) is 9.59 Å². The summed E-state index contributed by atoms with van der Waals surface area (Å²) in [5, 5.41) is 9.86. The average molecular weight is 444 g/mol. The molecule has 0 aliphatic carbocycles. The molecule has 3 rings (SSSR count). The smallest absolute Gasteiger partial charge is 0.237 e. The first-order chi connectivity index (χ1) is 14.5. The number of benzene rings is 2. The van der Waals surface area contributed by atoms with Crippen molar-refractivity contribution in [2.75, 3.05) is 17.2 Å². The van der Waals surface area contributed by atoms with Crippen molar-refractivity contribution in [2.24, 2.45) is 5.73 Å². The summed E-state index contributed by atoms with van der Waals surface area (Å²) in [6, 6.07) is 16.6. The van der Waals surface area contributed by atoms with E-state index < -0.39 is 5.91 Å². The minimum absolute atomic E-state index is 0.0944. The number of anilines is 1. The fraction of sp³-hybridized carbons (Fsp3) is 0.238. The lowest BCUT2D eigenvalue weighted by atomic mass is 10.2. The van der Waals surface area contributed by atoms with Gasteiger partial charge >= 0.3 is 0 Å². The standard InChI is InChI=1S/C21H22ClN5O2S/c1-2-26-20(15-8-10-16(22)11-9-15)24-25-21(26)30-14-19(29)27(13-12-18(23)28)17-6-4-3-5-7-17/h3-11H,2,12-14H2,1H3,(H2,23,28). The maximum Gasteiger partial charge on any atom is 0.237 e. The highest BCUT2D eigenvalue weighted by molar-refractivity contribution is 7.99. The molecule has 2 N–H and O–H groups in total. The number of primary amides is 1. The minimum Gasteiger partial charge on any atom is -0.370 e.